The predicted molar refractivity (Wildman–Crippen MR) is 72.6 cm³/mol. The lowest BCUT2D eigenvalue weighted by Gasteiger charge is -2.13. The van der Waals surface area contributed by atoms with Crippen molar-refractivity contribution in [3.05, 3.63) is 18.6 Å². The van der Waals surface area contributed by atoms with Gasteiger partial charge in [-0.05, 0) is 20.8 Å². The average Bonchev–Trinajstić information content (AvgIpc) is 2.79. The third kappa shape index (κ3) is 3.50. The second kappa shape index (κ2) is 5.64. The summed E-state index contributed by atoms with van der Waals surface area (Å²) in [6.45, 7) is 5.80. The van der Waals surface area contributed by atoms with E-state index in [2.05, 4.69) is 20.2 Å². The zero-order valence-electron chi connectivity index (χ0n) is 11.2. The Kier molecular flexibility index (Phi) is 4.14. The summed E-state index contributed by atoms with van der Waals surface area (Å²) in [5.41, 5.74) is -0.565. The van der Waals surface area contributed by atoms with Gasteiger partial charge >= 0.3 is 0 Å². The Bertz CT molecular complexity index is 535. The van der Waals surface area contributed by atoms with Gasteiger partial charge in [0.15, 0.2) is 11.0 Å². The lowest BCUT2D eigenvalue weighted by Crippen LogP contribution is -2.15. The largest absolute Gasteiger partial charge is 0.301 e. The minimum atomic E-state index is -1.23. The fourth-order valence-electron chi connectivity index (χ4n) is 1.52. The molecule has 7 heteroatoms. The van der Waals surface area contributed by atoms with Crippen LogP contribution in [0.25, 0.3) is 11.5 Å². The van der Waals surface area contributed by atoms with Gasteiger partial charge in [0.2, 0.25) is 0 Å². The van der Waals surface area contributed by atoms with Crippen molar-refractivity contribution in [2.75, 3.05) is 5.75 Å². The maximum Gasteiger partial charge on any atom is 0.191 e. The van der Waals surface area contributed by atoms with Crippen LogP contribution in [0.1, 0.15) is 20.8 Å². The van der Waals surface area contributed by atoms with Crippen LogP contribution in [0.5, 0.6) is 0 Å². The molecule has 5 nitrogen and oxygen atoms in total. The Morgan fingerprint density at radius 3 is 2.68 bits per heavy atom. The standard InChI is InChI=1S/C12H16FN5S/c1-4-18-10(9-7-14-5-6-15-9)16-17-11(18)19-8-12(2,3)13/h5-7H,4,8H2,1-3H3. The molecule has 0 spiro atoms. The zero-order chi connectivity index (χ0) is 13.9. The zero-order valence-corrected chi connectivity index (χ0v) is 12.0. The van der Waals surface area contributed by atoms with Crippen molar-refractivity contribution in [2.24, 2.45) is 0 Å². The van der Waals surface area contributed by atoms with E-state index in [1.807, 2.05) is 11.5 Å². The maximum absolute atomic E-state index is 13.5. The smallest absolute Gasteiger partial charge is 0.191 e. The molecule has 0 aliphatic carbocycles. The van der Waals surface area contributed by atoms with Gasteiger partial charge in [-0.1, -0.05) is 11.8 Å². The number of nitrogens with zero attached hydrogens (tertiary/aromatic N) is 5. The molecule has 2 aromatic heterocycles. The van der Waals surface area contributed by atoms with Crippen LogP contribution in [0.4, 0.5) is 4.39 Å². The molecule has 0 radical (unpaired) electrons. The molecule has 0 bridgehead atoms. The van der Waals surface area contributed by atoms with E-state index < -0.39 is 5.67 Å². The lowest BCUT2D eigenvalue weighted by molar-refractivity contribution is 0.252. The summed E-state index contributed by atoms with van der Waals surface area (Å²) in [6.07, 6.45) is 4.86. The highest BCUT2D eigenvalue weighted by Gasteiger charge is 2.20. The Morgan fingerprint density at radius 1 is 1.32 bits per heavy atom. The van der Waals surface area contributed by atoms with Gasteiger partial charge in [0.05, 0.1) is 6.20 Å². The number of hydrogen-bond donors (Lipinski definition) is 0. The Hall–Kier alpha value is -1.50. The first-order chi connectivity index (χ1) is 9.01. The van der Waals surface area contributed by atoms with Gasteiger partial charge in [0.25, 0.3) is 0 Å². The van der Waals surface area contributed by atoms with Crippen LogP contribution >= 0.6 is 11.8 Å². The molecule has 0 unspecified atom stereocenters. The molecule has 2 rings (SSSR count). The van der Waals surface area contributed by atoms with Gasteiger partial charge in [-0.15, -0.1) is 10.2 Å². The summed E-state index contributed by atoms with van der Waals surface area (Å²) in [5, 5.41) is 8.94. The van der Waals surface area contributed by atoms with Crippen molar-refractivity contribution in [1.82, 2.24) is 24.7 Å². The Morgan fingerprint density at radius 2 is 2.11 bits per heavy atom. The minimum absolute atomic E-state index is 0.339. The van der Waals surface area contributed by atoms with E-state index in [4.69, 9.17) is 0 Å². The quantitative estimate of drug-likeness (QED) is 0.788. The molecule has 0 amide bonds. The number of rotatable bonds is 5. The highest BCUT2D eigenvalue weighted by molar-refractivity contribution is 7.99. The topological polar surface area (TPSA) is 56.5 Å². The molecule has 0 saturated heterocycles. The molecular formula is C12H16FN5S. The van der Waals surface area contributed by atoms with E-state index >= 15 is 0 Å². The lowest BCUT2D eigenvalue weighted by atomic mass is 10.2. The SMILES string of the molecule is CCn1c(SCC(C)(C)F)nnc1-c1cnccn1. The van der Waals surface area contributed by atoms with Crippen molar-refractivity contribution in [2.45, 2.75) is 38.1 Å². The number of alkyl halides is 1. The number of halogens is 1. The molecule has 0 aliphatic rings. The molecule has 0 fully saturated rings. The van der Waals surface area contributed by atoms with Gasteiger partial charge in [0, 0.05) is 24.7 Å². The van der Waals surface area contributed by atoms with E-state index in [1.54, 1.807) is 32.4 Å². The number of hydrogen-bond acceptors (Lipinski definition) is 5. The van der Waals surface area contributed by atoms with Crippen LogP contribution in [0.15, 0.2) is 23.7 Å². The molecular weight excluding hydrogens is 265 g/mol. The monoisotopic (exact) mass is 281 g/mol. The van der Waals surface area contributed by atoms with E-state index in [0.29, 0.717) is 29.0 Å². The summed E-state index contributed by atoms with van der Waals surface area (Å²) in [5.74, 6) is 1.00. The predicted octanol–water partition coefficient (Wildman–Crippen LogP) is 2.60. The second-order valence-electron chi connectivity index (χ2n) is 4.65. The first kappa shape index (κ1) is 13.9. The molecule has 0 N–H and O–H groups in total. The molecule has 2 aromatic rings. The van der Waals surface area contributed by atoms with Crippen LogP contribution < -0.4 is 0 Å². The first-order valence-corrected chi connectivity index (χ1v) is 7.01. The molecule has 0 aromatic carbocycles. The first-order valence-electron chi connectivity index (χ1n) is 6.02. The third-order valence-electron chi connectivity index (χ3n) is 2.37. The van der Waals surface area contributed by atoms with Crippen LogP contribution in [-0.2, 0) is 6.54 Å². The van der Waals surface area contributed by atoms with Crippen molar-refractivity contribution in [3.63, 3.8) is 0 Å². The molecule has 102 valence electrons. The van der Waals surface area contributed by atoms with Gasteiger partial charge in [-0.2, -0.15) is 0 Å². The summed E-state index contributed by atoms with van der Waals surface area (Å²) < 4.78 is 15.5. The van der Waals surface area contributed by atoms with Crippen molar-refractivity contribution in [3.8, 4) is 11.5 Å². The summed E-state index contributed by atoms with van der Waals surface area (Å²) in [7, 11) is 0. The number of aromatic nitrogens is 5. The third-order valence-corrected chi connectivity index (χ3v) is 3.76. The van der Waals surface area contributed by atoms with Crippen molar-refractivity contribution >= 4 is 11.8 Å². The fraction of sp³-hybridized carbons (Fsp3) is 0.500. The highest BCUT2D eigenvalue weighted by atomic mass is 32.2. The van der Waals surface area contributed by atoms with Crippen LogP contribution in [0.3, 0.4) is 0 Å². The molecule has 19 heavy (non-hydrogen) atoms. The Balaban J connectivity index is 2.26. The summed E-state index contributed by atoms with van der Waals surface area (Å²) in [6, 6.07) is 0. The van der Waals surface area contributed by atoms with Crippen LogP contribution in [0, 0.1) is 0 Å². The minimum Gasteiger partial charge on any atom is -0.301 e. The van der Waals surface area contributed by atoms with Gasteiger partial charge in [-0.3, -0.25) is 4.98 Å². The highest BCUT2D eigenvalue weighted by Crippen LogP contribution is 2.26. The maximum atomic E-state index is 13.5. The molecule has 0 atom stereocenters. The number of thioether (sulfide) groups is 1. The molecule has 2 heterocycles. The van der Waals surface area contributed by atoms with E-state index in [0.717, 1.165) is 0 Å². The van der Waals surface area contributed by atoms with Crippen LogP contribution in [-0.4, -0.2) is 36.2 Å². The fourth-order valence-corrected chi connectivity index (χ4v) is 2.46. The second-order valence-corrected chi connectivity index (χ2v) is 5.59. The van der Waals surface area contributed by atoms with Crippen molar-refractivity contribution < 1.29 is 4.39 Å². The van der Waals surface area contributed by atoms with Gasteiger partial charge in [-0.25, -0.2) is 9.37 Å². The summed E-state index contributed by atoms with van der Waals surface area (Å²) >= 11 is 1.36. The average molecular weight is 281 g/mol. The normalized spacial score (nSPS) is 11.8. The van der Waals surface area contributed by atoms with E-state index in [9.17, 15) is 4.39 Å². The van der Waals surface area contributed by atoms with Crippen LogP contribution in [0.2, 0.25) is 0 Å². The van der Waals surface area contributed by atoms with Gasteiger partial charge < -0.3 is 4.57 Å². The summed E-state index contributed by atoms with van der Waals surface area (Å²) in [4.78, 5) is 8.23. The van der Waals surface area contributed by atoms with E-state index in [-0.39, 0.29) is 0 Å². The Labute approximate surface area is 115 Å². The molecule has 0 aliphatic heterocycles. The molecule has 0 saturated carbocycles. The van der Waals surface area contributed by atoms with Crippen molar-refractivity contribution in [1.29, 1.82) is 0 Å². The van der Waals surface area contributed by atoms with Gasteiger partial charge in [0.1, 0.15) is 11.4 Å². The van der Waals surface area contributed by atoms with E-state index in [1.165, 1.54) is 11.8 Å².